The first-order valence-electron chi connectivity index (χ1n) is 9.98. The van der Waals surface area contributed by atoms with Crippen molar-refractivity contribution in [2.45, 2.75) is 57.3 Å². The Morgan fingerprint density at radius 1 is 1.30 bits per heavy atom. The molecular formula is C21H25FN4O. The van der Waals surface area contributed by atoms with Gasteiger partial charge in [0.15, 0.2) is 5.82 Å². The van der Waals surface area contributed by atoms with Gasteiger partial charge in [-0.05, 0) is 50.8 Å². The highest BCUT2D eigenvalue weighted by atomic mass is 19.1. The van der Waals surface area contributed by atoms with E-state index in [0.29, 0.717) is 24.7 Å². The lowest BCUT2D eigenvalue weighted by Crippen LogP contribution is -2.43. The van der Waals surface area contributed by atoms with Crippen molar-refractivity contribution in [3.05, 3.63) is 47.7 Å². The first-order valence-corrected chi connectivity index (χ1v) is 9.98. The van der Waals surface area contributed by atoms with Crippen LogP contribution in [0.5, 0.6) is 0 Å². The SMILES string of the molecule is CCn1cc(CN2CCCC(F)(c3nc(C4CC4)no3)C2)c2ccccc21. The number of fused-ring (bicyclic) bond motifs is 1. The van der Waals surface area contributed by atoms with Crippen LogP contribution in [-0.4, -0.2) is 32.7 Å². The maximum Gasteiger partial charge on any atom is 0.265 e. The Bertz CT molecular complexity index is 960. The van der Waals surface area contributed by atoms with Gasteiger partial charge in [-0.25, -0.2) is 4.39 Å². The van der Waals surface area contributed by atoms with E-state index in [0.717, 1.165) is 38.9 Å². The number of alkyl halides is 1. The Kier molecular flexibility index (Phi) is 4.04. The molecule has 0 bridgehead atoms. The Morgan fingerprint density at radius 2 is 2.15 bits per heavy atom. The summed E-state index contributed by atoms with van der Waals surface area (Å²) < 4.78 is 23.3. The molecule has 0 N–H and O–H groups in total. The highest BCUT2D eigenvalue weighted by Crippen LogP contribution is 2.41. The predicted molar refractivity (Wildman–Crippen MR) is 101 cm³/mol. The molecule has 1 aromatic carbocycles. The number of piperidine rings is 1. The Labute approximate surface area is 158 Å². The van der Waals surface area contributed by atoms with Crippen LogP contribution in [0, 0.1) is 0 Å². The second kappa shape index (κ2) is 6.44. The van der Waals surface area contributed by atoms with Crippen molar-refractivity contribution in [3.63, 3.8) is 0 Å². The van der Waals surface area contributed by atoms with E-state index in [1.54, 1.807) is 0 Å². The number of aryl methyl sites for hydroxylation is 1. The standard InChI is InChI=1S/C21H25FN4O/c1-2-26-13-16(17-6-3-4-7-18(17)26)12-25-11-5-10-21(22,14-25)20-23-19(24-27-20)15-8-9-15/h3-4,6-7,13,15H,2,5,8-12,14H2,1H3. The molecule has 2 fully saturated rings. The number of hydrogen-bond donors (Lipinski definition) is 0. The van der Waals surface area contributed by atoms with Crippen molar-refractivity contribution in [1.82, 2.24) is 19.6 Å². The summed E-state index contributed by atoms with van der Waals surface area (Å²) in [5.41, 5.74) is 0.951. The lowest BCUT2D eigenvalue weighted by Gasteiger charge is -2.35. The van der Waals surface area contributed by atoms with Crippen molar-refractivity contribution in [2.24, 2.45) is 0 Å². The van der Waals surface area contributed by atoms with Crippen molar-refractivity contribution in [2.75, 3.05) is 13.1 Å². The summed E-state index contributed by atoms with van der Waals surface area (Å²) >= 11 is 0. The summed E-state index contributed by atoms with van der Waals surface area (Å²) in [5.74, 6) is 1.24. The molecule has 0 spiro atoms. The number of halogens is 1. The van der Waals surface area contributed by atoms with Gasteiger partial charge in [-0.15, -0.1) is 0 Å². The first kappa shape index (κ1) is 16.9. The molecule has 1 saturated carbocycles. The average Bonchev–Trinajstić information content (AvgIpc) is 3.29. The minimum absolute atomic E-state index is 0.171. The van der Waals surface area contributed by atoms with Gasteiger partial charge >= 0.3 is 0 Å². The third-order valence-electron chi connectivity index (χ3n) is 5.89. The zero-order chi connectivity index (χ0) is 18.4. The fourth-order valence-corrected chi connectivity index (χ4v) is 4.28. The van der Waals surface area contributed by atoms with Gasteiger partial charge in [0, 0.05) is 42.7 Å². The van der Waals surface area contributed by atoms with Gasteiger partial charge in [0.2, 0.25) is 5.67 Å². The fraction of sp³-hybridized carbons (Fsp3) is 0.524. The van der Waals surface area contributed by atoms with Gasteiger partial charge in [0.25, 0.3) is 5.89 Å². The number of likely N-dealkylation sites (tertiary alicyclic amines) is 1. The maximum atomic E-state index is 15.7. The molecule has 0 amide bonds. The molecule has 3 heterocycles. The molecule has 2 aliphatic rings. The molecule has 0 radical (unpaired) electrons. The Balaban J connectivity index is 1.38. The summed E-state index contributed by atoms with van der Waals surface area (Å²) in [6, 6.07) is 8.44. The first-order chi connectivity index (χ1) is 13.2. The van der Waals surface area contributed by atoms with Gasteiger partial charge in [0.1, 0.15) is 0 Å². The second-order valence-electron chi connectivity index (χ2n) is 7.97. The average molecular weight is 368 g/mol. The monoisotopic (exact) mass is 368 g/mol. The Hall–Kier alpha value is -2.21. The summed E-state index contributed by atoms with van der Waals surface area (Å²) in [6.45, 7) is 5.02. The third kappa shape index (κ3) is 3.06. The molecule has 3 aromatic rings. The minimum Gasteiger partial charge on any atom is -0.347 e. The van der Waals surface area contributed by atoms with Gasteiger partial charge < -0.3 is 9.09 Å². The lowest BCUT2D eigenvalue weighted by atomic mass is 9.94. The van der Waals surface area contributed by atoms with Gasteiger partial charge in [-0.1, -0.05) is 23.4 Å². The van der Waals surface area contributed by atoms with Crippen molar-refractivity contribution >= 4 is 10.9 Å². The van der Waals surface area contributed by atoms with Crippen molar-refractivity contribution < 1.29 is 8.91 Å². The van der Waals surface area contributed by atoms with Crippen LogP contribution in [0.4, 0.5) is 4.39 Å². The molecule has 2 aromatic heterocycles. The van der Waals surface area contributed by atoms with E-state index >= 15 is 4.39 Å². The molecule has 5 nitrogen and oxygen atoms in total. The van der Waals surface area contributed by atoms with Crippen LogP contribution in [0.1, 0.15) is 55.8 Å². The lowest BCUT2D eigenvalue weighted by molar-refractivity contribution is 0.0125. The second-order valence-corrected chi connectivity index (χ2v) is 7.97. The largest absolute Gasteiger partial charge is 0.347 e. The van der Waals surface area contributed by atoms with Crippen LogP contribution in [0.2, 0.25) is 0 Å². The molecule has 1 aliphatic heterocycles. The molecule has 1 saturated heterocycles. The highest BCUT2D eigenvalue weighted by Gasteiger charge is 2.43. The van der Waals surface area contributed by atoms with E-state index in [4.69, 9.17) is 4.52 Å². The van der Waals surface area contributed by atoms with Crippen molar-refractivity contribution in [3.8, 4) is 0 Å². The van der Waals surface area contributed by atoms with Crippen LogP contribution < -0.4 is 0 Å². The van der Waals surface area contributed by atoms with Crippen LogP contribution in [0.25, 0.3) is 10.9 Å². The van der Waals surface area contributed by atoms with E-state index in [1.165, 1.54) is 16.5 Å². The number of rotatable bonds is 5. The van der Waals surface area contributed by atoms with Crippen LogP contribution in [-0.2, 0) is 18.8 Å². The summed E-state index contributed by atoms with van der Waals surface area (Å²) in [5, 5.41) is 5.27. The Morgan fingerprint density at radius 3 is 2.96 bits per heavy atom. The number of nitrogens with zero attached hydrogens (tertiary/aromatic N) is 4. The number of hydrogen-bond acceptors (Lipinski definition) is 4. The fourth-order valence-electron chi connectivity index (χ4n) is 4.28. The molecular weight excluding hydrogens is 343 g/mol. The zero-order valence-electron chi connectivity index (χ0n) is 15.7. The van der Waals surface area contributed by atoms with Gasteiger partial charge in [-0.2, -0.15) is 4.98 Å². The molecule has 1 atom stereocenters. The van der Waals surface area contributed by atoms with E-state index in [-0.39, 0.29) is 5.89 Å². The molecule has 142 valence electrons. The van der Waals surface area contributed by atoms with E-state index in [1.807, 2.05) is 0 Å². The number of para-hydroxylation sites is 1. The summed E-state index contributed by atoms with van der Waals surface area (Å²) in [4.78, 5) is 6.58. The van der Waals surface area contributed by atoms with Crippen molar-refractivity contribution in [1.29, 1.82) is 0 Å². The van der Waals surface area contributed by atoms with E-state index < -0.39 is 5.67 Å². The van der Waals surface area contributed by atoms with Crippen LogP contribution in [0.15, 0.2) is 35.0 Å². The van der Waals surface area contributed by atoms with Gasteiger partial charge in [0.05, 0.1) is 0 Å². The smallest absolute Gasteiger partial charge is 0.265 e. The quantitative estimate of drug-likeness (QED) is 0.670. The summed E-state index contributed by atoms with van der Waals surface area (Å²) in [7, 11) is 0. The zero-order valence-corrected chi connectivity index (χ0v) is 15.7. The molecule has 27 heavy (non-hydrogen) atoms. The molecule has 1 aliphatic carbocycles. The normalized spacial score (nSPS) is 23.9. The van der Waals surface area contributed by atoms with E-state index in [9.17, 15) is 0 Å². The number of benzene rings is 1. The van der Waals surface area contributed by atoms with Crippen LogP contribution in [0.3, 0.4) is 0 Å². The molecule has 6 heteroatoms. The van der Waals surface area contributed by atoms with Gasteiger partial charge in [-0.3, -0.25) is 4.90 Å². The molecule has 5 rings (SSSR count). The highest BCUT2D eigenvalue weighted by molar-refractivity contribution is 5.83. The van der Waals surface area contributed by atoms with Crippen LogP contribution >= 0.6 is 0 Å². The van der Waals surface area contributed by atoms with E-state index in [2.05, 4.69) is 57.0 Å². The topological polar surface area (TPSA) is 47.1 Å². The summed E-state index contributed by atoms with van der Waals surface area (Å²) in [6.07, 6.45) is 5.63. The third-order valence-corrected chi connectivity index (χ3v) is 5.89. The number of aromatic nitrogens is 3. The predicted octanol–water partition coefficient (Wildman–Crippen LogP) is 4.38. The minimum atomic E-state index is -1.54. The maximum absolute atomic E-state index is 15.7. The molecule has 1 unspecified atom stereocenters.